The van der Waals surface area contributed by atoms with E-state index in [1.807, 2.05) is 6.08 Å². The Labute approximate surface area is 400 Å². The monoisotopic (exact) mass is 920 g/mol. The molecule has 65 heavy (non-hydrogen) atoms. The third-order valence-corrected chi connectivity index (χ3v) is 13.2. The van der Waals surface area contributed by atoms with Crippen molar-refractivity contribution in [2.24, 2.45) is 0 Å². The standard InChI is InChI=1S/C56H105NO8/c1-3-5-7-9-11-13-15-17-18-19-20-21-22-23-24-25-26-27-28-29-30-31-32-34-35-37-39-41-43-45-50(59)49(48-64-56-55(63)54(62)53(61)51(47-58)65-56)57-52(60)46-44-42-40-38-36-33-16-14-12-10-8-6-4-2/h30-31,35,37,43,45,49-51,53-56,58-59,61-63H,3-29,32-34,36,38-42,44,46-48H2,1-2H3,(H,57,60)/b31-30+,37-35+,45-43+. The highest BCUT2D eigenvalue weighted by Gasteiger charge is 2.44. The fourth-order valence-electron chi connectivity index (χ4n) is 8.78. The van der Waals surface area contributed by atoms with E-state index in [0.717, 1.165) is 44.9 Å². The van der Waals surface area contributed by atoms with Gasteiger partial charge in [-0.3, -0.25) is 4.79 Å². The number of hydrogen-bond donors (Lipinski definition) is 6. The van der Waals surface area contributed by atoms with Crippen molar-refractivity contribution in [3.05, 3.63) is 36.5 Å². The molecule has 382 valence electrons. The fourth-order valence-corrected chi connectivity index (χ4v) is 8.78. The molecule has 1 amide bonds. The Morgan fingerprint density at radius 2 is 0.877 bits per heavy atom. The molecule has 1 aliphatic heterocycles. The van der Waals surface area contributed by atoms with Crippen molar-refractivity contribution in [2.45, 2.75) is 301 Å². The van der Waals surface area contributed by atoms with Gasteiger partial charge in [-0.05, 0) is 44.9 Å². The quantitative estimate of drug-likeness (QED) is 0.0261. The van der Waals surface area contributed by atoms with E-state index < -0.39 is 49.5 Å². The van der Waals surface area contributed by atoms with Crippen molar-refractivity contribution < 1.29 is 39.8 Å². The highest BCUT2D eigenvalue weighted by Crippen LogP contribution is 2.23. The van der Waals surface area contributed by atoms with Crippen molar-refractivity contribution in [1.82, 2.24) is 5.32 Å². The number of aliphatic hydroxyl groups is 5. The minimum Gasteiger partial charge on any atom is -0.394 e. The summed E-state index contributed by atoms with van der Waals surface area (Å²) in [6, 6.07) is -0.825. The summed E-state index contributed by atoms with van der Waals surface area (Å²) in [5, 5.41) is 54.3. The van der Waals surface area contributed by atoms with Gasteiger partial charge >= 0.3 is 0 Å². The first-order valence-electron chi connectivity index (χ1n) is 27.7. The van der Waals surface area contributed by atoms with E-state index in [4.69, 9.17) is 9.47 Å². The molecule has 1 aliphatic rings. The molecule has 1 rings (SSSR count). The molecule has 0 aromatic carbocycles. The SMILES string of the molecule is CCCCCCCCCCCCCCCCCCCCC/C=C/CC/C=C/CC/C=C/C(O)C(COC1OC(CO)C(O)C(O)C1O)NC(=O)CCCCCCCCCCCCCCC. The lowest BCUT2D eigenvalue weighted by Crippen LogP contribution is -2.60. The summed E-state index contributed by atoms with van der Waals surface area (Å²) in [6.07, 6.45) is 52.2. The van der Waals surface area contributed by atoms with Gasteiger partial charge < -0.3 is 40.3 Å². The maximum Gasteiger partial charge on any atom is 0.220 e. The first-order valence-corrected chi connectivity index (χ1v) is 27.7. The molecular formula is C56H105NO8. The molecule has 9 heteroatoms. The number of nitrogens with one attached hydrogen (secondary N) is 1. The minimum absolute atomic E-state index is 0.189. The third-order valence-electron chi connectivity index (χ3n) is 13.2. The molecule has 0 spiro atoms. The first-order chi connectivity index (χ1) is 31.8. The molecule has 0 bridgehead atoms. The van der Waals surface area contributed by atoms with Crippen LogP contribution in [-0.4, -0.2) is 87.5 Å². The Morgan fingerprint density at radius 1 is 0.508 bits per heavy atom. The highest BCUT2D eigenvalue weighted by atomic mass is 16.7. The minimum atomic E-state index is -1.57. The van der Waals surface area contributed by atoms with Crippen molar-refractivity contribution in [1.29, 1.82) is 0 Å². The molecule has 1 fully saturated rings. The lowest BCUT2D eigenvalue weighted by atomic mass is 9.99. The van der Waals surface area contributed by atoms with Gasteiger partial charge in [0.1, 0.15) is 24.4 Å². The summed E-state index contributed by atoms with van der Waals surface area (Å²) in [5.74, 6) is -0.189. The molecule has 0 aliphatic carbocycles. The number of allylic oxidation sites excluding steroid dienone is 5. The molecule has 0 radical (unpaired) electrons. The number of carbonyl (C=O) groups excluding carboxylic acids is 1. The molecule has 0 saturated carbocycles. The highest BCUT2D eigenvalue weighted by molar-refractivity contribution is 5.76. The van der Waals surface area contributed by atoms with Crippen LogP contribution in [0.1, 0.15) is 258 Å². The van der Waals surface area contributed by atoms with Crippen LogP contribution in [0.25, 0.3) is 0 Å². The van der Waals surface area contributed by atoms with Crippen molar-refractivity contribution in [3.8, 4) is 0 Å². The van der Waals surface area contributed by atoms with Gasteiger partial charge in [0, 0.05) is 6.42 Å². The zero-order valence-electron chi connectivity index (χ0n) is 42.3. The van der Waals surface area contributed by atoms with Gasteiger partial charge in [-0.1, -0.05) is 243 Å². The lowest BCUT2D eigenvalue weighted by Gasteiger charge is -2.40. The zero-order valence-corrected chi connectivity index (χ0v) is 42.3. The van der Waals surface area contributed by atoms with Gasteiger partial charge in [0.05, 0.1) is 25.4 Å². The second-order valence-corrected chi connectivity index (χ2v) is 19.4. The van der Waals surface area contributed by atoms with Crippen LogP contribution in [0.3, 0.4) is 0 Å². The smallest absolute Gasteiger partial charge is 0.220 e. The Hall–Kier alpha value is -1.59. The summed E-state index contributed by atoms with van der Waals surface area (Å²) in [7, 11) is 0. The second kappa shape index (κ2) is 46.2. The molecule has 7 atom stereocenters. The van der Waals surface area contributed by atoms with E-state index in [0.29, 0.717) is 6.42 Å². The van der Waals surface area contributed by atoms with E-state index in [-0.39, 0.29) is 12.5 Å². The predicted octanol–water partition coefficient (Wildman–Crippen LogP) is 13.2. The van der Waals surface area contributed by atoms with Gasteiger partial charge in [-0.2, -0.15) is 0 Å². The Morgan fingerprint density at radius 3 is 1.29 bits per heavy atom. The maximum atomic E-state index is 13.0. The predicted molar refractivity (Wildman–Crippen MR) is 272 cm³/mol. The summed E-state index contributed by atoms with van der Waals surface area (Å²) in [6.45, 7) is 3.77. The Kier molecular flexibility index (Phi) is 43.6. The van der Waals surface area contributed by atoms with Crippen LogP contribution in [0.2, 0.25) is 0 Å². The molecule has 0 aromatic rings. The number of ether oxygens (including phenoxy) is 2. The molecule has 0 aromatic heterocycles. The topological polar surface area (TPSA) is 149 Å². The van der Waals surface area contributed by atoms with E-state index in [9.17, 15) is 30.3 Å². The molecule has 1 heterocycles. The average molecular weight is 920 g/mol. The van der Waals surface area contributed by atoms with Crippen LogP contribution in [0, 0.1) is 0 Å². The second-order valence-electron chi connectivity index (χ2n) is 19.4. The van der Waals surface area contributed by atoms with Gasteiger partial charge in [0.15, 0.2) is 6.29 Å². The Balaban J connectivity index is 2.23. The normalized spacial score (nSPS) is 20.1. The average Bonchev–Trinajstić information content (AvgIpc) is 3.31. The molecular weight excluding hydrogens is 815 g/mol. The van der Waals surface area contributed by atoms with Crippen molar-refractivity contribution in [2.75, 3.05) is 13.2 Å². The lowest BCUT2D eigenvalue weighted by molar-refractivity contribution is -0.302. The summed E-state index contributed by atoms with van der Waals surface area (Å²) < 4.78 is 11.2. The molecule has 1 saturated heterocycles. The fraction of sp³-hybridized carbons (Fsp3) is 0.875. The number of unbranched alkanes of at least 4 members (excludes halogenated alkanes) is 33. The van der Waals surface area contributed by atoms with E-state index in [1.54, 1.807) is 6.08 Å². The van der Waals surface area contributed by atoms with Crippen LogP contribution in [0.5, 0.6) is 0 Å². The van der Waals surface area contributed by atoms with Gasteiger partial charge in [-0.15, -0.1) is 0 Å². The van der Waals surface area contributed by atoms with Gasteiger partial charge in [0.2, 0.25) is 5.91 Å². The maximum absolute atomic E-state index is 13.0. The molecule has 6 N–H and O–H groups in total. The van der Waals surface area contributed by atoms with Crippen LogP contribution < -0.4 is 5.32 Å². The zero-order chi connectivity index (χ0) is 47.3. The summed E-state index contributed by atoms with van der Waals surface area (Å²) >= 11 is 0. The Bertz CT molecular complexity index is 1110. The largest absolute Gasteiger partial charge is 0.394 e. The van der Waals surface area contributed by atoms with Crippen molar-refractivity contribution in [3.63, 3.8) is 0 Å². The van der Waals surface area contributed by atoms with Crippen LogP contribution in [0.4, 0.5) is 0 Å². The number of hydrogen-bond acceptors (Lipinski definition) is 8. The number of carbonyl (C=O) groups is 1. The third kappa shape index (κ3) is 36.1. The van der Waals surface area contributed by atoms with Gasteiger partial charge in [0.25, 0.3) is 0 Å². The van der Waals surface area contributed by atoms with E-state index in [1.165, 1.54) is 193 Å². The van der Waals surface area contributed by atoms with Crippen molar-refractivity contribution >= 4 is 5.91 Å². The first kappa shape index (κ1) is 61.4. The summed E-state index contributed by atoms with van der Waals surface area (Å²) in [5.41, 5.74) is 0. The number of aliphatic hydroxyl groups excluding tert-OH is 5. The van der Waals surface area contributed by atoms with Crippen LogP contribution in [0.15, 0.2) is 36.5 Å². The number of amides is 1. The van der Waals surface area contributed by atoms with Crippen LogP contribution >= 0.6 is 0 Å². The summed E-state index contributed by atoms with van der Waals surface area (Å²) in [4.78, 5) is 13.0. The molecule has 9 nitrogen and oxygen atoms in total. The molecule has 7 unspecified atom stereocenters. The van der Waals surface area contributed by atoms with Gasteiger partial charge in [-0.25, -0.2) is 0 Å². The van der Waals surface area contributed by atoms with E-state index >= 15 is 0 Å². The number of rotatable bonds is 47. The van der Waals surface area contributed by atoms with Crippen LogP contribution in [-0.2, 0) is 14.3 Å². The van der Waals surface area contributed by atoms with E-state index in [2.05, 4.69) is 43.5 Å².